The summed E-state index contributed by atoms with van der Waals surface area (Å²) in [7, 11) is 1.34. The van der Waals surface area contributed by atoms with Gasteiger partial charge in [-0.2, -0.15) is 0 Å². The minimum absolute atomic E-state index is 0.0817. The first-order valence-corrected chi connectivity index (χ1v) is 8.97. The fraction of sp³-hybridized carbons (Fsp3) is 0.350. The summed E-state index contributed by atoms with van der Waals surface area (Å²) in [5.74, 6) is 0.994. The lowest BCUT2D eigenvalue weighted by molar-refractivity contribution is -0.385. The zero-order chi connectivity index (χ0) is 20.4. The second-order valence-electron chi connectivity index (χ2n) is 5.91. The first kappa shape index (κ1) is 21.0. The molecule has 0 saturated heterocycles. The number of aryl methyl sites for hydroxylation is 1. The third kappa shape index (κ3) is 6.46. The monoisotopic (exact) mass is 388 g/mol. The maximum Gasteiger partial charge on any atom is 0.311 e. The highest BCUT2D eigenvalue weighted by Gasteiger charge is 2.15. The number of ether oxygens (including phenoxy) is 3. The first-order valence-electron chi connectivity index (χ1n) is 8.97. The first-order chi connectivity index (χ1) is 13.5. The molecule has 2 rings (SSSR count). The molecule has 2 aromatic rings. The average Bonchev–Trinajstić information content (AvgIpc) is 2.70. The Morgan fingerprint density at radius 2 is 1.82 bits per heavy atom. The summed E-state index contributed by atoms with van der Waals surface area (Å²) in [6.45, 7) is 2.93. The highest BCUT2D eigenvalue weighted by atomic mass is 16.6. The summed E-state index contributed by atoms with van der Waals surface area (Å²) in [6.07, 6.45) is 1.64. The molecule has 0 spiro atoms. The summed E-state index contributed by atoms with van der Waals surface area (Å²) >= 11 is 0. The predicted octanol–water partition coefficient (Wildman–Crippen LogP) is 3.13. The van der Waals surface area contributed by atoms with Crippen LogP contribution in [-0.4, -0.2) is 37.7 Å². The van der Waals surface area contributed by atoms with Gasteiger partial charge in [-0.15, -0.1) is 0 Å². The minimum Gasteiger partial charge on any atom is -0.494 e. The maximum atomic E-state index is 11.9. The number of nitrogens with one attached hydrogen (secondary N) is 1. The van der Waals surface area contributed by atoms with Crippen molar-refractivity contribution in [3.63, 3.8) is 0 Å². The molecule has 8 heteroatoms. The predicted molar refractivity (Wildman–Crippen MR) is 104 cm³/mol. The number of carbonyl (C=O) groups is 1. The van der Waals surface area contributed by atoms with Crippen LogP contribution < -0.4 is 19.5 Å². The fourth-order valence-corrected chi connectivity index (χ4v) is 2.54. The van der Waals surface area contributed by atoms with Crippen molar-refractivity contribution in [1.82, 2.24) is 5.32 Å². The van der Waals surface area contributed by atoms with Gasteiger partial charge in [0.25, 0.3) is 5.91 Å². The molecule has 0 saturated carbocycles. The number of nitro benzene ring substituents is 1. The van der Waals surface area contributed by atoms with Crippen molar-refractivity contribution in [2.75, 3.05) is 26.9 Å². The molecule has 0 aliphatic heterocycles. The Kier molecular flexibility index (Phi) is 8.08. The molecule has 150 valence electrons. The molecule has 0 unspecified atom stereocenters. The van der Waals surface area contributed by atoms with Crippen LogP contribution in [0.5, 0.6) is 17.2 Å². The van der Waals surface area contributed by atoms with Gasteiger partial charge >= 0.3 is 5.69 Å². The molecule has 0 radical (unpaired) electrons. The van der Waals surface area contributed by atoms with Crippen LogP contribution in [0.2, 0.25) is 0 Å². The van der Waals surface area contributed by atoms with Gasteiger partial charge in [-0.1, -0.05) is 12.1 Å². The van der Waals surface area contributed by atoms with E-state index in [1.165, 1.54) is 30.9 Å². The summed E-state index contributed by atoms with van der Waals surface area (Å²) in [5, 5.41) is 13.7. The van der Waals surface area contributed by atoms with E-state index in [9.17, 15) is 14.9 Å². The highest BCUT2D eigenvalue weighted by molar-refractivity contribution is 5.77. The average molecular weight is 388 g/mol. The van der Waals surface area contributed by atoms with Gasteiger partial charge in [-0.05, 0) is 43.5 Å². The van der Waals surface area contributed by atoms with E-state index in [0.29, 0.717) is 18.9 Å². The largest absolute Gasteiger partial charge is 0.494 e. The van der Waals surface area contributed by atoms with Crippen molar-refractivity contribution in [1.29, 1.82) is 0 Å². The number of carbonyl (C=O) groups excluding carboxylic acids is 1. The highest BCUT2D eigenvalue weighted by Crippen LogP contribution is 2.30. The van der Waals surface area contributed by atoms with E-state index >= 15 is 0 Å². The number of benzene rings is 2. The van der Waals surface area contributed by atoms with Crippen molar-refractivity contribution >= 4 is 11.6 Å². The number of methoxy groups -OCH3 is 1. The van der Waals surface area contributed by atoms with E-state index in [1.54, 1.807) is 0 Å². The smallest absolute Gasteiger partial charge is 0.311 e. The Bertz CT molecular complexity index is 792. The van der Waals surface area contributed by atoms with E-state index in [4.69, 9.17) is 14.2 Å². The molecule has 0 aliphatic rings. The maximum absolute atomic E-state index is 11.9. The Hall–Kier alpha value is -3.29. The molecule has 8 nitrogen and oxygen atoms in total. The van der Waals surface area contributed by atoms with Crippen LogP contribution >= 0.6 is 0 Å². The van der Waals surface area contributed by atoms with E-state index in [1.807, 2.05) is 31.2 Å². The molecule has 0 bridgehead atoms. The topological polar surface area (TPSA) is 99.9 Å². The van der Waals surface area contributed by atoms with Gasteiger partial charge in [-0.3, -0.25) is 14.9 Å². The van der Waals surface area contributed by atoms with E-state index in [-0.39, 0.29) is 24.0 Å². The van der Waals surface area contributed by atoms with Crippen molar-refractivity contribution in [2.45, 2.75) is 19.8 Å². The molecule has 0 fully saturated rings. The number of rotatable bonds is 11. The lowest BCUT2D eigenvalue weighted by Gasteiger charge is -2.09. The van der Waals surface area contributed by atoms with Crippen LogP contribution in [0, 0.1) is 10.1 Å². The van der Waals surface area contributed by atoms with Gasteiger partial charge in [0.1, 0.15) is 11.5 Å². The van der Waals surface area contributed by atoms with E-state index in [0.717, 1.165) is 18.6 Å². The van der Waals surface area contributed by atoms with Crippen molar-refractivity contribution < 1.29 is 23.9 Å². The molecule has 1 amide bonds. The molecular formula is C20H24N2O6. The number of hydrogen-bond donors (Lipinski definition) is 1. The van der Waals surface area contributed by atoms with Gasteiger partial charge in [0.2, 0.25) is 5.75 Å². The third-order valence-corrected chi connectivity index (χ3v) is 3.92. The zero-order valence-electron chi connectivity index (χ0n) is 16.0. The van der Waals surface area contributed by atoms with Gasteiger partial charge in [0.15, 0.2) is 6.61 Å². The van der Waals surface area contributed by atoms with Crippen molar-refractivity contribution in [2.24, 2.45) is 0 Å². The second-order valence-corrected chi connectivity index (χ2v) is 5.91. The van der Waals surface area contributed by atoms with Gasteiger partial charge < -0.3 is 19.5 Å². The minimum atomic E-state index is -0.542. The summed E-state index contributed by atoms with van der Waals surface area (Å²) in [5.41, 5.74) is 1.01. The van der Waals surface area contributed by atoms with Gasteiger partial charge in [0, 0.05) is 18.7 Å². The lowest BCUT2D eigenvalue weighted by Crippen LogP contribution is -2.29. The Labute approximate surface area is 163 Å². The molecular weight excluding hydrogens is 364 g/mol. The van der Waals surface area contributed by atoms with Crippen LogP contribution in [-0.2, 0) is 11.2 Å². The second kappa shape index (κ2) is 10.8. The van der Waals surface area contributed by atoms with Crippen LogP contribution in [0.4, 0.5) is 5.69 Å². The molecule has 2 aromatic carbocycles. The lowest BCUT2D eigenvalue weighted by atomic mass is 10.1. The SMILES string of the molecule is CCOc1ccc(CCCNC(=O)COc2ccc([N+](=O)[O-])c(OC)c2)cc1. The summed E-state index contributed by atoms with van der Waals surface area (Å²) < 4.78 is 15.7. The van der Waals surface area contributed by atoms with Crippen LogP contribution in [0.15, 0.2) is 42.5 Å². The normalized spacial score (nSPS) is 10.2. The van der Waals surface area contributed by atoms with Gasteiger partial charge in [-0.25, -0.2) is 0 Å². The van der Waals surface area contributed by atoms with Crippen LogP contribution in [0.3, 0.4) is 0 Å². The molecule has 0 heterocycles. The quantitative estimate of drug-likeness (QED) is 0.361. The van der Waals surface area contributed by atoms with Gasteiger partial charge in [0.05, 0.1) is 18.6 Å². The Morgan fingerprint density at radius 1 is 1.11 bits per heavy atom. The van der Waals surface area contributed by atoms with Crippen LogP contribution in [0.25, 0.3) is 0 Å². The third-order valence-electron chi connectivity index (χ3n) is 3.92. The van der Waals surface area contributed by atoms with Crippen molar-refractivity contribution in [3.05, 3.63) is 58.1 Å². The molecule has 0 aromatic heterocycles. The molecule has 0 atom stereocenters. The summed E-state index contributed by atoms with van der Waals surface area (Å²) in [6, 6.07) is 12.0. The molecule has 0 aliphatic carbocycles. The van der Waals surface area contributed by atoms with E-state index < -0.39 is 4.92 Å². The fourth-order valence-electron chi connectivity index (χ4n) is 2.54. The Morgan fingerprint density at radius 3 is 2.46 bits per heavy atom. The Balaban J connectivity index is 1.70. The summed E-state index contributed by atoms with van der Waals surface area (Å²) in [4.78, 5) is 22.2. The number of nitro groups is 1. The zero-order valence-corrected chi connectivity index (χ0v) is 16.0. The standard InChI is InChI=1S/C20H24N2O6/c1-3-27-16-8-6-15(7-9-16)5-4-12-21-20(23)14-28-17-10-11-18(22(24)25)19(13-17)26-2/h6-11,13H,3-5,12,14H2,1-2H3,(H,21,23). The van der Waals surface area contributed by atoms with Crippen molar-refractivity contribution in [3.8, 4) is 17.2 Å². The number of nitrogens with zero attached hydrogens (tertiary/aromatic N) is 1. The van der Waals surface area contributed by atoms with Crippen LogP contribution in [0.1, 0.15) is 18.9 Å². The number of hydrogen-bond acceptors (Lipinski definition) is 6. The molecule has 28 heavy (non-hydrogen) atoms. The molecule has 1 N–H and O–H groups in total. The van der Waals surface area contributed by atoms with E-state index in [2.05, 4.69) is 5.32 Å². The number of amides is 1.